The van der Waals surface area contributed by atoms with Gasteiger partial charge in [0.2, 0.25) is 0 Å². The maximum atomic E-state index is 11.1. The van der Waals surface area contributed by atoms with Crippen LogP contribution < -0.4 is 0 Å². The van der Waals surface area contributed by atoms with Crippen molar-refractivity contribution in [3.63, 3.8) is 0 Å². The van der Waals surface area contributed by atoms with Crippen molar-refractivity contribution in [2.75, 3.05) is 0 Å². The molecule has 1 aromatic rings. The van der Waals surface area contributed by atoms with Crippen LogP contribution in [-0.2, 0) is 9.59 Å². The van der Waals surface area contributed by atoms with E-state index in [1.54, 1.807) is 6.92 Å². The third kappa shape index (κ3) is 3.31. The number of ketones is 1. The summed E-state index contributed by atoms with van der Waals surface area (Å²) >= 11 is 0. The van der Waals surface area contributed by atoms with Gasteiger partial charge in [-0.2, -0.15) is 0 Å². The third-order valence-electron chi connectivity index (χ3n) is 2.58. The monoisotopic (exact) mass is 204 g/mol. The lowest BCUT2D eigenvalue weighted by Gasteiger charge is -2.18. The summed E-state index contributed by atoms with van der Waals surface area (Å²) in [7, 11) is 0. The van der Waals surface area contributed by atoms with E-state index in [0.29, 0.717) is 6.42 Å². The lowest BCUT2D eigenvalue weighted by atomic mass is 9.84. The van der Waals surface area contributed by atoms with Gasteiger partial charge in [-0.3, -0.25) is 0 Å². The summed E-state index contributed by atoms with van der Waals surface area (Å²) in [6.45, 7) is 3.42. The van der Waals surface area contributed by atoms with Crippen LogP contribution in [0.15, 0.2) is 30.3 Å². The average molecular weight is 204 g/mol. The zero-order valence-corrected chi connectivity index (χ0v) is 9.14. The highest BCUT2D eigenvalue weighted by molar-refractivity contribution is 5.77. The smallest absolute Gasteiger partial charge is 0.130 e. The van der Waals surface area contributed by atoms with Crippen LogP contribution in [-0.4, -0.2) is 12.1 Å². The van der Waals surface area contributed by atoms with Crippen LogP contribution in [0.1, 0.15) is 31.7 Å². The lowest BCUT2D eigenvalue weighted by Crippen LogP contribution is -2.14. The molecule has 2 nitrogen and oxygen atoms in total. The van der Waals surface area contributed by atoms with Gasteiger partial charge in [0.05, 0.1) is 0 Å². The van der Waals surface area contributed by atoms with E-state index in [-0.39, 0.29) is 17.6 Å². The number of hydrogen-bond acceptors (Lipinski definition) is 2. The van der Waals surface area contributed by atoms with Gasteiger partial charge in [-0.1, -0.05) is 37.3 Å². The third-order valence-corrected chi connectivity index (χ3v) is 2.58. The molecule has 0 heterocycles. The number of carbonyl (C=O) groups excluding carboxylic acids is 2. The molecule has 0 spiro atoms. The number of carbonyl (C=O) groups is 2. The van der Waals surface area contributed by atoms with Crippen molar-refractivity contribution < 1.29 is 9.59 Å². The van der Waals surface area contributed by atoms with Crippen LogP contribution in [0, 0.1) is 5.92 Å². The highest BCUT2D eigenvalue weighted by atomic mass is 16.1. The summed E-state index contributed by atoms with van der Waals surface area (Å²) in [6.07, 6.45) is 1.35. The van der Waals surface area contributed by atoms with Crippen molar-refractivity contribution in [1.29, 1.82) is 0 Å². The quantitative estimate of drug-likeness (QED) is 0.691. The first-order valence-corrected chi connectivity index (χ1v) is 5.15. The molecule has 0 N–H and O–H groups in total. The van der Waals surface area contributed by atoms with E-state index < -0.39 is 0 Å². The fourth-order valence-corrected chi connectivity index (χ4v) is 1.71. The number of Topliss-reactive ketones (excluding diaryl/α,β-unsaturated/α-hetero) is 1. The van der Waals surface area contributed by atoms with E-state index in [2.05, 4.69) is 0 Å². The molecule has 0 saturated carbocycles. The van der Waals surface area contributed by atoms with Crippen molar-refractivity contribution in [2.45, 2.75) is 26.2 Å². The van der Waals surface area contributed by atoms with Gasteiger partial charge in [0.25, 0.3) is 0 Å². The van der Waals surface area contributed by atoms with Crippen molar-refractivity contribution in [3.05, 3.63) is 35.9 Å². The van der Waals surface area contributed by atoms with Crippen LogP contribution in [0.3, 0.4) is 0 Å². The highest BCUT2D eigenvalue weighted by Gasteiger charge is 2.20. The Morgan fingerprint density at radius 3 is 2.40 bits per heavy atom. The second-order valence-corrected chi connectivity index (χ2v) is 3.92. The van der Waals surface area contributed by atoms with E-state index in [1.807, 2.05) is 37.3 Å². The van der Waals surface area contributed by atoms with E-state index in [1.165, 1.54) is 0 Å². The largest absolute Gasteiger partial charge is 0.303 e. The van der Waals surface area contributed by atoms with Crippen LogP contribution in [0.4, 0.5) is 0 Å². The molecule has 0 unspecified atom stereocenters. The first-order chi connectivity index (χ1) is 7.15. The van der Waals surface area contributed by atoms with Gasteiger partial charge in [0.15, 0.2) is 0 Å². The summed E-state index contributed by atoms with van der Waals surface area (Å²) in [6, 6.07) is 9.72. The summed E-state index contributed by atoms with van der Waals surface area (Å²) in [4.78, 5) is 21.9. The van der Waals surface area contributed by atoms with E-state index in [9.17, 15) is 9.59 Å². The summed E-state index contributed by atoms with van der Waals surface area (Å²) in [5, 5.41) is 0. The van der Waals surface area contributed by atoms with Crippen molar-refractivity contribution in [2.24, 2.45) is 5.92 Å². The Morgan fingerprint density at radius 1 is 1.33 bits per heavy atom. The van der Waals surface area contributed by atoms with Crippen molar-refractivity contribution in [1.82, 2.24) is 0 Å². The van der Waals surface area contributed by atoms with Crippen molar-refractivity contribution in [3.8, 4) is 0 Å². The van der Waals surface area contributed by atoms with Gasteiger partial charge >= 0.3 is 0 Å². The predicted octanol–water partition coefficient (Wildman–Crippen LogP) is 2.58. The first kappa shape index (κ1) is 11.6. The van der Waals surface area contributed by atoms with Crippen LogP contribution >= 0.6 is 0 Å². The minimum absolute atomic E-state index is 0.0150. The highest BCUT2D eigenvalue weighted by Crippen LogP contribution is 2.26. The second-order valence-electron chi connectivity index (χ2n) is 3.92. The second kappa shape index (κ2) is 5.44. The molecule has 1 aromatic carbocycles. The number of benzene rings is 1. The van der Waals surface area contributed by atoms with Crippen LogP contribution in [0.2, 0.25) is 0 Å². The Bertz CT molecular complexity index is 330. The normalized spacial score (nSPS) is 14.3. The van der Waals surface area contributed by atoms with Gasteiger partial charge in [-0.25, -0.2) is 0 Å². The molecule has 1 rings (SSSR count). The molecule has 0 aliphatic heterocycles. The molecule has 0 aliphatic carbocycles. The summed E-state index contributed by atoms with van der Waals surface area (Å²) in [5.74, 6) is 0.0232. The number of hydrogen-bond donors (Lipinski definition) is 0. The fourth-order valence-electron chi connectivity index (χ4n) is 1.71. The first-order valence-electron chi connectivity index (χ1n) is 5.15. The molecule has 0 bridgehead atoms. The Hall–Kier alpha value is -1.44. The Morgan fingerprint density at radius 2 is 1.93 bits per heavy atom. The molecular formula is C13H16O2. The molecule has 0 aromatic heterocycles. The van der Waals surface area contributed by atoms with Gasteiger partial charge in [-0.05, 0) is 18.4 Å². The molecule has 0 amide bonds. The summed E-state index contributed by atoms with van der Waals surface area (Å²) in [5.41, 5.74) is 1.06. The molecule has 2 atom stereocenters. The van der Waals surface area contributed by atoms with Gasteiger partial charge in [-0.15, -0.1) is 0 Å². The number of aldehydes is 1. The van der Waals surface area contributed by atoms with Gasteiger partial charge in [0.1, 0.15) is 12.1 Å². The van der Waals surface area contributed by atoms with E-state index in [0.717, 1.165) is 11.8 Å². The Kier molecular flexibility index (Phi) is 4.22. The minimum atomic E-state index is -0.115. The fraction of sp³-hybridized carbons (Fsp3) is 0.385. The maximum absolute atomic E-state index is 11.1. The SMILES string of the molecule is CC(=O)C[C@H](c1ccccc1)[C@@H](C)C=O. The summed E-state index contributed by atoms with van der Waals surface area (Å²) < 4.78 is 0. The van der Waals surface area contributed by atoms with Crippen LogP contribution in [0.5, 0.6) is 0 Å². The molecule has 80 valence electrons. The standard InChI is InChI=1S/C13H16O2/c1-10(9-14)13(8-11(2)15)12-6-4-3-5-7-12/h3-7,9-10,13H,8H2,1-2H3/t10-,13-/m0/s1. The van der Waals surface area contributed by atoms with Gasteiger partial charge in [0, 0.05) is 12.3 Å². The van der Waals surface area contributed by atoms with Crippen molar-refractivity contribution >= 4 is 12.1 Å². The molecule has 2 heteroatoms. The molecule has 0 saturated heterocycles. The predicted molar refractivity (Wildman–Crippen MR) is 59.7 cm³/mol. The Labute approximate surface area is 90.3 Å². The van der Waals surface area contributed by atoms with E-state index in [4.69, 9.17) is 0 Å². The minimum Gasteiger partial charge on any atom is -0.303 e. The van der Waals surface area contributed by atoms with E-state index >= 15 is 0 Å². The molecule has 0 aliphatic rings. The zero-order valence-electron chi connectivity index (χ0n) is 9.14. The van der Waals surface area contributed by atoms with Crippen LogP contribution in [0.25, 0.3) is 0 Å². The zero-order chi connectivity index (χ0) is 11.3. The molecule has 0 radical (unpaired) electrons. The number of rotatable bonds is 5. The van der Waals surface area contributed by atoms with Gasteiger partial charge < -0.3 is 9.59 Å². The topological polar surface area (TPSA) is 34.1 Å². The maximum Gasteiger partial charge on any atom is 0.130 e. The molecular weight excluding hydrogens is 188 g/mol. The average Bonchev–Trinajstić information content (AvgIpc) is 2.26. The molecule has 15 heavy (non-hydrogen) atoms. The molecule has 0 fully saturated rings. The lowest BCUT2D eigenvalue weighted by molar-refractivity contribution is -0.118. The Balaban J connectivity index is 2.90.